The Hall–Kier alpha value is -3.65. The standard InChI is InChI=1S/C34H46N4O4/c1-22-9-11-26(19-23(22)2)41-18-15-35-28-12-10-25(20-37-28)27-21-36-24(3)29(31(32(39)40)42-33(4,5)6)30(27)38-16-13-34(7,8)14-17-38/h9-12,19-21,31H,13-18H2,1-8H3,(H,35,37)(H,39,40). The number of benzene rings is 1. The number of pyridine rings is 2. The molecule has 2 N–H and O–H groups in total. The van der Waals surface area contributed by atoms with Gasteiger partial charge < -0.3 is 24.8 Å². The lowest BCUT2D eigenvalue weighted by molar-refractivity contribution is -0.160. The number of aromatic nitrogens is 2. The van der Waals surface area contributed by atoms with E-state index in [1.807, 2.05) is 58.3 Å². The van der Waals surface area contributed by atoms with E-state index in [0.29, 0.717) is 24.4 Å². The average Bonchev–Trinajstić information content (AvgIpc) is 2.92. The van der Waals surface area contributed by atoms with Crippen molar-refractivity contribution in [1.29, 1.82) is 0 Å². The van der Waals surface area contributed by atoms with Crippen LogP contribution in [0.3, 0.4) is 0 Å². The van der Waals surface area contributed by atoms with Crippen molar-refractivity contribution in [3.63, 3.8) is 0 Å². The van der Waals surface area contributed by atoms with E-state index < -0.39 is 17.7 Å². The lowest BCUT2D eigenvalue weighted by Crippen LogP contribution is -2.39. The van der Waals surface area contributed by atoms with E-state index in [9.17, 15) is 9.90 Å². The fourth-order valence-corrected chi connectivity index (χ4v) is 5.21. The van der Waals surface area contributed by atoms with Crippen molar-refractivity contribution in [1.82, 2.24) is 9.97 Å². The van der Waals surface area contributed by atoms with Gasteiger partial charge in [0.15, 0.2) is 6.10 Å². The first-order valence-corrected chi connectivity index (χ1v) is 14.8. The van der Waals surface area contributed by atoms with Crippen molar-refractivity contribution in [3.8, 4) is 16.9 Å². The van der Waals surface area contributed by atoms with Crippen LogP contribution in [0, 0.1) is 26.2 Å². The van der Waals surface area contributed by atoms with Crippen molar-refractivity contribution in [2.45, 2.75) is 79.9 Å². The average molecular weight is 575 g/mol. The minimum atomic E-state index is -1.14. The predicted molar refractivity (Wildman–Crippen MR) is 169 cm³/mol. The molecule has 1 aliphatic heterocycles. The number of hydrogen-bond donors (Lipinski definition) is 2. The van der Waals surface area contributed by atoms with E-state index in [2.05, 4.69) is 60.0 Å². The third kappa shape index (κ3) is 7.79. The van der Waals surface area contributed by atoms with Crippen LogP contribution < -0.4 is 15.0 Å². The second-order valence-electron chi connectivity index (χ2n) is 13.1. The second-order valence-corrected chi connectivity index (χ2v) is 13.1. The number of carbonyl (C=O) groups is 1. The fourth-order valence-electron chi connectivity index (χ4n) is 5.21. The lowest BCUT2D eigenvalue weighted by Gasteiger charge is -2.40. The largest absolute Gasteiger partial charge is 0.492 e. The van der Waals surface area contributed by atoms with Crippen LogP contribution in [0.1, 0.15) is 75.9 Å². The maximum absolute atomic E-state index is 12.6. The summed E-state index contributed by atoms with van der Waals surface area (Å²) in [6.07, 6.45) is 4.53. The molecule has 0 amide bonds. The Morgan fingerprint density at radius 2 is 1.76 bits per heavy atom. The quantitative estimate of drug-likeness (QED) is 0.247. The van der Waals surface area contributed by atoms with Gasteiger partial charge in [0.1, 0.15) is 18.2 Å². The van der Waals surface area contributed by atoms with Gasteiger partial charge in [-0.1, -0.05) is 19.9 Å². The van der Waals surface area contributed by atoms with Crippen molar-refractivity contribution in [2.24, 2.45) is 5.41 Å². The number of carboxylic acid groups (broad SMARTS) is 1. The molecule has 0 aliphatic carbocycles. The number of aryl methyl sites for hydroxylation is 3. The summed E-state index contributed by atoms with van der Waals surface area (Å²) in [6.45, 7) is 19.0. The van der Waals surface area contributed by atoms with Crippen LogP contribution in [-0.2, 0) is 9.53 Å². The first-order chi connectivity index (χ1) is 19.7. The van der Waals surface area contributed by atoms with Crippen molar-refractivity contribution >= 4 is 17.5 Å². The summed E-state index contributed by atoms with van der Waals surface area (Å²) in [7, 11) is 0. The zero-order chi connectivity index (χ0) is 30.7. The molecule has 0 saturated carbocycles. The minimum Gasteiger partial charge on any atom is -0.492 e. The number of nitrogens with zero attached hydrogens (tertiary/aromatic N) is 3. The highest BCUT2D eigenvalue weighted by Gasteiger charge is 2.35. The van der Waals surface area contributed by atoms with Gasteiger partial charge in [-0.25, -0.2) is 9.78 Å². The van der Waals surface area contributed by atoms with E-state index in [1.54, 1.807) is 0 Å². The Morgan fingerprint density at radius 3 is 2.36 bits per heavy atom. The summed E-state index contributed by atoms with van der Waals surface area (Å²) in [5.74, 6) is 0.573. The van der Waals surface area contributed by atoms with E-state index in [0.717, 1.165) is 54.3 Å². The third-order valence-corrected chi connectivity index (χ3v) is 7.91. The number of anilines is 2. The molecular weight excluding hydrogens is 528 g/mol. The lowest BCUT2D eigenvalue weighted by atomic mass is 9.82. The molecular formula is C34H46N4O4. The number of nitrogens with one attached hydrogen (secondary N) is 1. The maximum Gasteiger partial charge on any atom is 0.337 e. The SMILES string of the molecule is Cc1ccc(OCCNc2ccc(-c3cnc(C)c(C(OC(C)(C)C)C(=O)O)c3N3CCC(C)(C)CC3)cn2)cc1C. The molecule has 3 aromatic rings. The van der Waals surface area contributed by atoms with E-state index in [4.69, 9.17) is 9.47 Å². The number of piperidine rings is 1. The Bertz CT molecular complexity index is 1390. The van der Waals surface area contributed by atoms with Gasteiger partial charge in [0.25, 0.3) is 0 Å². The van der Waals surface area contributed by atoms with Crippen LogP contribution >= 0.6 is 0 Å². The van der Waals surface area contributed by atoms with Gasteiger partial charge in [0.2, 0.25) is 0 Å². The number of hydrogen-bond acceptors (Lipinski definition) is 7. The van der Waals surface area contributed by atoms with E-state index in [1.165, 1.54) is 11.1 Å². The zero-order valence-electron chi connectivity index (χ0n) is 26.4. The minimum absolute atomic E-state index is 0.240. The number of carboxylic acids is 1. The summed E-state index contributed by atoms with van der Waals surface area (Å²) < 4.78 is 12.0. The monoisotopic (exact) mass is 574 g/mol. The molecule has 4 rings (SSSR count). The van der Waals surface area contributed by atoms with Gasteiger partial charge in [-0.3, -0.25) is 4.98 Å². The van der Waals surface area contributed by atoms with Crippen molar-refractivity contribution < 1.29 is 19.4 Å². The van der Waals surface area contributed by atoms with E-state index in [-0.39, 0.29) is 5.41 Å². The zero-order valence-corrected chi connectivity index (χ0v) is 26.4. The molecule has 1 aliphatic rings. The summed E-state index contributed by atoms with van der Waals surface area (Å²) >= 11 is 0. The summed E-state index contributed by atoms with van der Waals surface area (Å²) in [5, 5.41) is 13.6. The Labute approximate surface area is 250 Å². The molecule has 1 fully saturated rings. The van der Waals surface area contributed by atoms with Crippen molar-refractivity contribution in [3.05, 3.63) is 65.1 Å². The summed E-state index contributed by atoms with van der Waals surface area (Å²) in [5.41, 5.74) is 5.92. The summed E-state index contributed by atoms with van der Waals surface area (Å²) in [4.78, 5) is 24.2. The van der Waals surface area contributed by atoms with Crippen molar-refractivity contribution in [2.75, 3.05) is 36.5 Å². The molecule has 42 heavy (non-hydrogen) atoms. The normalized spacial score (nSPS) is 15.8. The van der Waals surface area contributed by atoms with Crippen LogP contribution in [-0.4, -0.2) is 52.9 Å². The number of aliphatic carboxylic acids is 1. The highest BCUT2D eigenvalue weighted by Crippen LogP contribution is 2.43. The highest BCUT2D eigenvalue weighted by molar-refractivity contribution is 5.86. The Balaban J connectivity index is 1.60. The number of ether oxygens (including phenoxy) is 2. The molecule has 2 aromatic heterocycles. The highest BCUT2D eigenvalue weighted by atomic mass is 16.5. The second kappa shape index (κ2) is 12.7. The smallest absolute Gasteiger partial charge is 0.337 e. The molecule has 3 heterocycles. The van der Waals surface area contributed by atoms with Crippen LogP contribution in [0.4, 0.5) is 11.5 Å². The van der Waals surface area contributed by atoms with Gasteiger partial charge in [-0.05, 0) is 95.2 Å². The Morgan fingerprint density at radius 1 is 1.05 bits per heavy atom. The molecule has 1 unspecified atom stereocenters. The first kappa shape index (κ1) is 31.3. The van der Waals surface area contributed by atoms with Crippen LogP contribution in [0.5, 0.6) is 5.75 Å². The van der Waals surface area contributed by atoms with Crippen LogP contribution in [0.15, 0.2) is 42.7 Å². The van der Waals surface area contributed by atoms with Crippen LogP contribution in [0.25, 0.3) is 11.1 Å². The van der Waals surface area contributed by atoms with Gasteiger partial charge in [-0.15, -0.1) is 0 Å². The first-order valence-electron chi connectivity index (χ1n) is 14.8. The molecule has 0 bridgehead atoms. The molecule has 1 saturated heterocycles. The fraction of sp³-hybridized carbons (Fsp3) is 0.500. The molecule has 1 atom stereocenters. The molecule has 1 aromatic carbocycles. The topological polar surface area (TPSA) is 96.8 Å². The van der Waals surface area contributed by atoms with E-state index >= 15 is 0 Å². The molecule has 8 heteroatoms. The number of rotatable bonds is 10. The summed E-state index contributed by atoms with van der Waals surface area (Å²) in [6, 6.07) is 10.1. The third-order valence-electron chi connectivity index (χ3n) is 7.91. The maximum atomic E-state index is 12.6. The van der Waals surface area contributed by atoms with Gasteiger partial charge in [-0.2, -0.15) is 0 Å². The van der Waals surface area contributed by atoms with Gasteiger partial charge in [0, 0.05) is 47.9 Å². The van der Waals surface area contributed by atoms with Gasteiger partial charge in [0.05, 0.1) is 17.8 Å². The molecule has 0 spiro atoms. The molecule has 226 valence electrons. The molecule has 8 nitrogen and oxygen atoms in total. The predicted octanol–water partition coefficient (Wildman–Crippen LogP) is 7.13. The molecule has 0 radical (unpaired) electrons. The Kier molecular flexibility index (Phi) is 9.46. The van der Waals surface area contributed by atoms with Gasteiger partial charge >= 0.3 is 5.97 Å². The van der Waals surface area contributed by atoms with Crippen LogP contribution in [0.2, 0.25) is 0 Å².